The van der Waals surface area contributed by atoms with E-state index in [4.69, 9.17) is 5.26 Å². The summed E-state index contributed by atoms with van der Waals surface area (Å²) in [6.07, 6.45) is 0.896. The zero-order valence-electron chi connectivity index (χ0n) is 10.6. The van der Waals surface area contributed by atoms with Crippen molar-refractivity contribution in [3.63, 3.8) is 0 Å². The van der Waals surface area contributed by atoms with Gasteiger partial charge in [-0.3, -0.25) is 0 Å². The molecule has 1 atom stereocenters. The molecule has 0 bridgehead atoms. The van der Waals surface area contributed by atoms with Crippen molar-refractivity contribution in [1.82, 2.24) is 0 Å². The lowest BCUT2D eigenvalue weighted by Gasteiger charge is -2.14. The van der Waals surface area contributed by atoms with Crippen molar-refractivity contribution >= 4 is 5.69 Å². The Morgan fingerprint density at radius 3 is 2.50 bits per heavy atom. The lowest BCUT2D eigenvalue weighted by atomic mass is 10.0. The van der Waals surface area contributed by atoms with Gasteiger partial charge in [-0.15, -0.1) is 0 Å². The lowest BCUT2D eigenvalue weighted by molar-refractivity contribution is 0.674. The maximum absolute atomic E-state index is 8.88. The van der Waals surface area contributed by atoms with Gasteiger partial charge in [-0.25, -0.2) is 0 Å². The number of nitriles is 1. The van der Waals surface area contributed by atoms with Crippen LogP contribution in [0.4, 0.5) is 5.69 Å². The van der Waals surface area contributed by atoms with Crippen LogP contribution in [0.1, 0.15) is 30.0 Å². The molecular weight excluding hydrogens is 196 g/mol. The second-order valence-corrected chi connectivity index (χ2v) is 4.30. The van der Waals surface area contributed by atoms with Crippen LogP contribution in [0.15, 0.2) is 12.1 Å². The fourth-order valence-electron chi connectivity index (χ4n) is 1.66. The van der Waals surface area contributed by atoms with Crippen LogP contribution >= 0.6 is 0 Å². The summed E-state index contributed by atoms with van der Waals surface area (Å²) in [6.45, 7) is 9.16. The molecule has 0 saturated heterocycles. The highest BCUT2D eigenvalue weighted by molar-refractivity contribution is 5.56. The van der Waals surface area contributed by atoms with Gasteiger partial charge in [0.05, 0.1) is 12.0 Å². The van der Waals surface area contributed by atoms with Crippen molar-refractivity contribution in [3.05, 3.63) is 28.8 Å². The molecule has 0 saturated carbocycles. The molecule has 1 unspecified atom stereocenters. The third kappa shape index (κ3) is 2.76. The molecule has 86 valence electrons. The first-order valence-electron chi connectivity index (χ1n) is 5.80. The molecule has 1 aromatic carbocycles. The average Bonchev–Trinajstić information content (AvgIpc) is 2.30. The van der Waals surface area contributed by atoms with E-state index in [1.54, 1.807) is 0 Å². The molecule has 1 N–H and O–H groups in total. The summed E-state index contributed by atoms with van der Waals surface area (Å²) < 4.78 is 0. The van der Waals surface area contributed by atoms with E-state index in [1.165, 1.54) is 16.7 Å². The summed E-state index contributed by atoms with van der Waals surface area (Å²) in [5.74, 6) is 0.0982. The topological polar surface area (TPSA) is 35.8 Å². The van der Waals surface area contributed by atoms with Gasteiger partial charge in [0.1, 0.15) is 0 Å². The van der Waals surface area contributed by atoms with Gasteiger partial charge in [0.15, 0.2) is 0 Å². The Morgan fingerprint density at radius 1 is 1.25 bits per heavy atom. The Hall–Kier alpha value is -1.49. The zero-order valence-corrected chi connectivity index (χ0v) is 10.6. The molecule has 1 aromatic rings. The van der Waals surface area contributed by atoms with Gasteiger partial charge in [-0.05, 0) is 49.9 Å². The number of benzene rings is 1. The largest absolute Gasteiger partial charge is 0.384 e. The third-order valence-electron chi connectivity index (χ3n) is 3.27. The van der Waals surface area contributed by atoms with E-state index in [9.17, 15) is 0 Å². The Bertz CT molecular complexity index is 402. The van der Waals surface area contributed by atoms with Gasteiger partial charge in [0.2, 0.25) is 0 Å². The van der Waals surface area contributed by atoms with Crippen LogP contribution in [0.3, 0.4) is 0 Å². The number of nitrogens with zero attached hydrogens (tertiary/aromatic N) is 1. The molecule has 0 radical (unpaired) electrons. The number of nitrogens with one attached hydrogen (secondary N) is 1. The first-order chi connectivity index (χ1) is 7.60. The second kappa shape index (κ2) is 5.55. The quantitative estimate of drug-likeness (QED) is 0.835. The standard InChI is InChI=1S/C14H20N2/c1-5-13(8-15)9-16-14-7-6-10(2)11(3)12(14)4/h6-7,13,16H,5,9H2,1-4H3. The molecule has 0 heterocycles. The zero-order chi connectivity index (χ0) is 12.1. The molecule has 0 aliphatic rings. The molecule has 0 spiro atoms. The number of anilines is 1. The first kappa shape index (κ1) is 12.6. The summed E-state index contributed by atoms with van der Waals surface area (Å²) in [5.41, 5.74) is 5.08. The van der Waals surface area contributed by atoms with Crippen LogP contribution in [0.2, 0.25) is 0 Å². The maximum atomic E-state index is 8.88. The fourth-order valence-corrected chi connectivity index (χ4v) is 1.66. The molecular formula is C14H20N2. The molecule has 0 fully saturated rings. The minimum Gasteiger partial charge on any atom is -0.384 e. The van der Waals surface area contributed by atoms with Crippen LogP contribution < -0.4 is 5.32 Å². The highest BCUT2D eigenvalue weighted by Crippen LogP contribution is 2.21. The van der Waals surface area contributed by atoms with Crippen LogP contribution in [0, 0.1) is 38.0 Å². The average molecular weight is 216 g/mol. The van der Waals surface area contributed by atoms with Crippen molar-refractivity contribution in [1.29, 1.82) is 5.26 Å². The first-order valence-corrected chi connectivity index (χ1v) is 5.80. The van der Waals surface area contributed by atoms with Gasteiger partial charge in [0.25, 0.3) is 0 Å². The van der Waals surface area contributed by atoms with Gasteiger partial charge < -0.3 is 5.32 Å². The van der Waals surface area contributed by atoms with Crippen molar-refractivity contribution in [2.45, 2.75) is 34.1 Å². The predicted octanol–water partition coefficient (Wildman–Crippen LogP) is 3.57. The summed E-state index contributed by atoms with van der Waals surface area (Å²) >= 11 is 0. The highest BCUT2D eigenvalue weighted by Gasteiger charge is 2.06. The van der Waals surface area contributed by atoms with E-state index >= 15 is 0 Å². The Kier molecular flexibility index (Phi) is 4.37. The maximum Gasteiger partial charge on any atom is 0.0674 e. The van der Waals surface area contributed by atoms with E-state index in [1.807, 2.05) is 6.92 Å². The molecule has 16 heavy (non-hydrogen) atoms. The Balaban J connectivity index is 2.76. The van der Waals surface area contributed by atoms with Crippen LogP contribution in [-0.2, 0) is 0 Å². The van der Waals surface area contributed by atoms with Gasteiger partial charge in [-0.2, -0.15) is 5.26 Å². The molecule has 1 rings (SSSR count). The van der Waals surface area contributed by atoms with Gasteiger partial charge in [-0.1, -0.05) is 13.0 Å². The van der Waals surface area contributed by atoms with Crippen molar-refractivity contribution in [2.75, 3.05) is 11.9 Å². The molecule has 0 amide bonds. The molecule has 0 aliphatic carbocycles. The van der Waals surface area contributed by atoms with Gasteiger partial charge in [0, 0.05) is 12.2 Å². The second-order valence-electron chi connectivity index (χ2n) is 4.30. The third-order valence-corrected chi connectivity index (χ3v) is 3.27. The van der Waals surface area contributed by atoms with Gasteiger partial charge >= 0.3 is 0 Å². The summed E-state index contributed by atoms with van der Waals surface area (Å²) in [7, 11) is 0. The van der Waals surface area contributed by atoms with E-state index in [-0.39, 0.29) is 5.92 Å². The SMILES string of the molecule is CCC(C#N)CNc1ccc(C)c(C)c1C. The molecule has 0 aliphatic heterocycles. The Morgan fingerprint density at radius 2 is 1.94 bits per heavy atom. The summed E-state index contributed by atoms with van der Waals surface area (Å²) in [6, 6.07) is 6.53. The van der Waals surface area contributed by atoms with E-state index < -0.39 is 0 Å². The number of aryl methyl sites for hydroxylation is 1. The minimum absolute atomic E-state index is 0.0982. The van der Waals surface area contributed by atoms with Crippen molar-refractivity contribution < 1.29 is 0 Å². The van der Waals surface area contributed by atoms with Crippen LogP contribution in [0.5, 0.6) is 0 Å². The number of rotatable bonds is 4. The smallest absolute Gasteiger partial charge is 0.0674 e. The normalized spacial score (nSPS) is 11.9. The highest BCUT2D eigenvalue weighted by atomic mass is 14.9. The van der Waals surface area contributed by atoms with E-state index in [2.05, 4.69) is 44.3 Å². The Labute approximate surface area is 98.3 Å². The van der Waals surface area contributed by atoms with Crippen molar-refractivity contribution in [3.8, 4) is 6.07 Å². The monoisotopic (exact) mass is 216 g/mol. The van der Waals surface area contributed by atoms with Crippen molar-refractivity contribution in [2.24, 2.45) is 5.92 Å². The van der Waals surface area contributed by atoms with Crippen LogP contribution in [-0.4, -0.2) is 6.54 Å². The predicted molar refractivity (Wildman–Crippen MR) is 68.5 cm³/mol. The minimum atomic E-state index is 0.0982. The van der Waals surface area contributed by atoms with Crippen LogP contribution in [0.25, 0.3) is 0 Å². The lowest BCUT2D eigenvalue weighted by Crippen LogP contribution is -2.12. The number of hydrogen-bond acceptors (Lipinski definition) is 2. The molecule has 2 heteroatoms. The number of hydrogen-bond donors (Lipinski definition) is 1. The summed E-state index contributed by atoms with van der Waals surface area (Å²) in [4.78, 5) is 0. The van der Waals surface area contributed by atoms with E-state index in [0.29, 0.717) is 0 Å². The molecule has 2 nitrogen and oxygen atoms in total. The summed E-state index contributed by atoms with van der Waals surface area (Å²) in [5, 5.41) is 12.2. The van der Waals surface area contributed by atoms with E-state index in [0.717, 1.165) is 18.7 Å². The molecule has 0 aromatic heterocycles. The fraction of sp³-hybridized carbons (Fsp3) is 0.500.